The van der Waals surface area contributed by atoms with Crippen LogP contribution in [0.25, 0.3) is 0 Å². The molecule has 1 aliphatic carbocycles. The summed E-state index contributed by atoms with van der Waals surface area (Å²) < 4.78 is 0. The van der Waals surface area contributed by atoms with Crippen LogP contribution < -0.4 is 10.2 Å². The van der Waals surface area contributed by atoms with Crippen molar-refractivity contribution in [3.63, 3.8) is 0 Å². The van der Waals surface area contributed by atoms with Crippen molar-refractivity contribution in [2.75, 3.05) is 24.3 Å². The van der Waals surface area contributed by atoms with Gasteiger partial charge in [-0.25, -0.2) is 0 Å². The Morgan fingerprint density at radius 3 is 2.63 bits per heavy atom. The summed E-state index contributed by atoms with van der Waals surface area (Å²) in [4.78, 5) is 2.04. The van der Waals surface area contributed by atoms with Crippen LogP contribution in [0.5, 0.6) is 0 Å². The topological polar surface area (TPSA) is 15.3 Å². The molecular formula is C16H25ClN2. The number of halogens is 1. The molecule has 0 saturated heterocycles. The molecule has 2 rings (SSSR count). The maximum absolute atomic E-state index is 6.32. The van der Waals surface area contributed by atoms with Crippen LogP contribution >= 0.6 is 11.6 Å². The van der Waals surface area contributed by atoms with Crippen LogP contribution in [0.2, 0.25) is 5.02 Å². The zero-order valence-electron chi connectivity index (χ0n) is 12.2. The maximum Gasteiger partial charge on any atom is 0.0659 e. The van der Waals surface area contributed by atoms with E-state index in [0.717, 1.165) is 22.3 Å². The molecule has 2 atom stereocenters. The van der Waals surface area contributed by atoms with Gasteiger partial charge >= 0.3 is 0 Å². The Balaban J connectivity index is 2.01. The van der Waals surface area contributed by atoms with Gasteiger partial charge in [0.2, 0.25) is 0 Å². The van der Waals surface area contributed by atoms with Gasteiger partial charge in [-0.2, -0.15) is 0 Å². The predicted octanol–water partition coefficient (Wildman–Crippen LogP) is 4.79. The van der Waals surface area contributed by atoms with Crippen molar-refractivity contribution in [3.05, 3.63) is 23.2 Å². The fourth-order valence-corrected chi connectivity index (χ4v) is 3.18. The molecule has 0 heterocycles. The van der Waals surface area contributed by atoms with Gasteiger partial charge in [0.1, 0.15) is 0 Å². The first-order valence-electron chi connectivity index (χ1n) is 7.29. The van der Waals surface area contributed by atoms with Crippen molar-refractivity contribution in [1.82, 2.24) is 0 Å². The molecule has 0 aliphatic heterocycles. The van der Waals surface area contributed by atoms with Crippen LogP contribution in [-0.2, 0) is 0 Å². The summed E-state index contributed by atoms with van der Waals surface area (Å²) in [6, 6.07) is 6.87. The maximum atomic E-state index is 6.32. The third kappa shape index (κ3) is 4.04. The van der Waals surface area contributed by atoms with Crippen molar-refractivity contribution in [2.24, 2.45) is 5.92 Å². The molecule has 19 heavy (non-hydrogen) atoms. The first-order valence-corrected chi connectivity index (χ1v) is 7.67. The number of nitrogens with one attached hydrogen (secondary N) is 1. The summed E-state index contributed by atoms with van der Waals surface area (Å²) in [6.45, 7) is 2.37. The molecule has 106 valence electrons. The summed E-state index contributed by atoms with van der Waals surface area (Å²) >= 11 is 6.32. The van der Waals surface area contributed by atoms with Crippen molar-refractivity contribution in [1.29, 1.82) is 0 Å². The van der Waals surface area contributed by atoms with Gasteiger partial charge in [0.05, 0.1) is 10.7 Å². The van der Waals surface area contributed by atoms with Crippen molar-refractivity contribution in [2.45, 2.75) is 45.1 Å². The Morgan fingerprint density at radius 1 is 1.16 bits per heavy atom. The Morgan fingerprint density at radius 2 is 1.95 bits per heavy atom. The predicted molar refractivity (Wildman–Crippen MR) is 85.4 cm³/mol. The summed E-state index contributed by atoms with van der Waals surface area (Å²) in [5.74, 6) is 0.881. The van der Waals surface area contributed by atoms with E-state index < -0.39 is 0 Å². The third-order valence-corrected chi connectivity index (χ3v) is 4.36. The zero-order chi connectivity index (χ0) is 13.8. The summed E-state index contributed by atoms with van der Waals surface area (Å²) in [5, 5.41) is 4.46. The lowest BCUT2D eigenvalue weighted by molar-refractivity contribution is 0.502. The van der Waals surface area contributed by atoms with Gasteiger partial charge in [-0.05, 0) is 43.4 Å². The Kier molecular flexibility index (Phi) is 4.98. The van der Waals surface area contributed by atoms with Crippen molar-refractivity contribution >= 4 is 23.0 Å². The molecule has 0 amide bonds. The normalized spacial score (nSPS) is 23.8. The fourth-order valence-electron chi connectivity index (χ4n) is 2.83. The van der Waals surface area contributed by atoms with Gasteiger partial charge in [0, 0.05) is 25.8 Å². The zero-order valence-corrected chi connectivity index (χ0v) is 13.0. The first-order chi connectivity index (χ1) is 9.06. The second-order valence-electron chi connectivity index (χ2n) is 6.02. The number of hydrogen-bond acceptors (Lipinski definition) is 2. The van der Waals surface area contributed by atoms with Crippen LogP contribution in [0.4, 0.5) is 11.4 Å². The second kappa shape index (κ2) is 6.51. The average Bonchev–Trinajstić information content (AvgIpc) is 2.54. The highest BCUT2D eigenvalue weighted by Gasteiger charge is 2.16. The Bertz CT molecular complexity index is 417. The quantitative estimate of drug-likeness (QED) is 0.801. The Hall–Kier alpha value is -0.890. The van der Waals surface area contributed by atoms with Crippen molar-refractivity contribution < 1.29 is 0 Å². The number of anilines is 2. The van der Waals surface area contributed by atoms with Gasteiger partial charge in [-0.3, -0.25) is 0 Å². The minimum absolute atomic E-state index is 0.603. The first kappa shape index (κ1) is 14.5. The lowest BCUT2D eigenvalue weighted by atomic mass is 10.0. The SMILES string of the molecule is CC1CCCC(Nc2ccc(N(C)C)c(Cl)c2)CC1. The van der Waals surface area contributed by atoms with E-state index in [1.165, 1.54) is 32.1 Å². The largest absolute Gasteiger partial charge is 0.382 e. The van der Waals surface area contributed by atoms with E-state index in [2.05, 4.69) is 24.4 Å². The van der Waals surface area contributed by atoms with E-state index in [1.54, 1.807) is 0 Å². The second-order valence-corrected chi connectivity index (χ2v) is 6.42. The minimum Gasteiger partial charge on any atom is -0.382 e. The molecular weight excluding hydrogens is 256 g/mol. The molecule has 1 aromatic rings. The number of nitrogens with zero attached hydrogens (tertiary/aromatic N) is 1. The van der Waals surface area contributed by atoms with Gasteiger partial charge in [0.25, 0.3) is 0 Å². The van der Waals surface area contributed by atoms with E-state index >= 15 is 0 Å². The van der Waals surface area contributed by atoms with E-state index in [9.17, 15) is 0 Å². The summed E-state index contributed by atoms with van der Waals surface area (Å²) in [7, 11) is 4.03. The highest BCUT2D eigenvalue weighted by molar-refractivity contribution is 6.33. The number of hydrogen-bond donors (Lipinski definition) is 1. The molecule has 3 heteroatoms. The monoisotopic (exact) mass is 280 g/mol. The lowest BCUT2D eigenvalue weighted by Crippen LogP contribution is -2.18. The van der Waals surface area contributed by atoms with E-state index in [-0.39, 0.29) is 0 Å². The fraction of sp³-hybridized carbons (Fsp3) is 0.625. The molecule has 1 saturated carbocycles. The van der Waals surface area contributed by atoms with Gasteiger partial charge < -0.3 is 10.2 Å². The van der Waals surface area contributed by atoms with Crippen LogP contribution in [0.15, 0.2) is 18.2 Å². The van der Waals surface area contributed by atoms with Crippen LogP contribution in [0, 0.1) is 5.92 Å². The molecule has 2 nitrogen and oxygen atoms in total. The van der Waals surface area contributed by atoms with E-state index in [0.29, 0.717) is 6.04 Å². The number of benzene rings is 1. The van der Waals surface area contributed by atoms with Gasteiger partial charge in [-0.15, -0.1) is 0 Å². The summed E-state index contributed by atoms with van der Waals surface area (Å²) in [6.07, 6.45) is 6.59. The van der Waals surface area contributed by atoms with Gasteiger partial charge in [0.15, 0.2) is 0 Å². The van der Waals surface area contributed by atoms with Crippen LogP contribution in [0.1, 0.15) is 39.0 Å². The van der Waals surface area contributed by atoms with Crippen molar-refractivity contribution in [3.8, 4) is 0 Å². The molecule has 1 aliphatic rings. The molecule has 1 aromatic carbocycles. The molecule has 1 fully saturated rings. The lowest BCUT2D eigenvalue weighted by Gasteiger charge is -2.20. The minimum atomic E-state index is 0.603. The van der Waals surface area contributed by atoms with Gasteiger partial charge in [-0.1, -0.05) is 31.4 Å². The molecule has 1 N–H and O–H groups in total. The molecule has 0 aromatic heterocycles. The molecule has 0 bridgehead atoms. The van der Waals surface area contributed by atoms with E-state index in [1.807, 2.05) is 25.1 Å². The van der Waals surface area contributed by atoms with Crippen LogP contribution in [-0.4, -0.2) is 20.1 Å². The third-order valence-electron chi connectivity index (χ3n) is 4.06. The Labute approximate surface area is 122 Å². The smallest absolute Gasteiger partial charge is 0.0659 e. The molecule has 2 unspecified atom stereocenters. The summed E-state index contributed by atoms with van der Waals surface area (Å²) in [5.41, 5.74) is 2.22. The highest BCUT2D eigenvalue weighted by atomic mass is 35.5. The standard InChI is InChI=1S/C16H25ClN2/c1-12-5-4-6-13(8-7-12)18-14-9-10-16(19(2)3)15(17)11-14/h9-13,18H,4-8H2,1-3H3. The molecule has 0 radical (unpaired) electrons. The molecule has 0 spiro atoms. The van der Waals surface area contributed by atoms with E-state index in [4.69, 9.17) is 11.6 Å². The number of rotatable bonds is 3. The van der Waals surface area contributed by atoms with Crippen LogP contribution in [0.3, 0.4) is 0 Å². The highest BCUT2D eigenvalue weighted by Crippen LogP contribution is 2.30. The average molecular weight is 281 g/mol.